The Bertz CT molecular complexity index is 494. The van der Waals surface area contributed by atoms with Gasteiger partial charge >= 0.3 is 6.09 Å². The van der Waals surface area contributed by atoms with Gasteiger partial charge in [0.1, 0.15) is 18.0 Å². The lowest BCUT2D eigenvalue weighted by molar-refractivity contribution is 0.0636. The number of anilines is 1. The first kappa shape index (κ1) is 17.9. The maximum Gasteiger partial charge on any atom is 0.412 e. The number of thioether (sulfide) groups is 1. The Kier molecular flexibility index (Phi) is 6.59. The van der Waals surface area contributed by atoms with Gasteiger partial charge in [-0.1, -0.05) is 0 Å². The van der Waals surface area contributed by atoms with Crippen LogP contribution < -0.4 is 15.4 Å². The number of hydrogen-bond donors (Lipinski definition) is 2. The zero-order chi connectivity index (χ0) is 16.7. The van der Waals surface area contributed by atoms with E-state index in [4.69, 9.17) is 9.47 Å². The van der Waals surface area contributed by atoms with E-state index in [1.807, 2.05) is 44.7 Å². The quantitative estimate of drug-likeness (QED) is 0.777. The normalized spacial score (nSPS) is 17.8. The fourth-order valence-corrected chi connectivity index (χ4v) is 3.37. The second-order valence-electron chi connectivity index (χ2n) is 6.51. The molecule has 0 saturated carbocycles. The van der Waals surface area contributed by atoms with Gasteiger partial charge in [-0.3, -0.25) is 5.32 Å². The number of rotatable bonds is 6. The van der Waals surface area contributed by atoms with E-state index in [2.05, 4.69) is 10.6 Å². The molecule has 1 unspecified atom stereocenters. The number of hydrogen-bond acceptors (Lipinski definition) is 5. The van der Waals surface area contributed by atoms with Gasteiger partial charge in [0.15, 0.2) is 0 Å². The molecule has 6 heteroatoms. The Morgan fingerprint density at radius 1 is 1.30 bits per heavy atom. The Morgan fingerprint density at radius 3 is 2.65 bits per heavy atom. The molecule has 5 nitrogen and oxygen atoms in total. The summed E-state index contributed by atoms with van der Waals surface area (Å²) in [4.78, 5) is 11.7. The molecule has 1 aromatic rings. The molecular weight excluding hydrogens is 312 g/mol. The zero-order valence-corrected chi connectivity index (χ0v) is 14.9. The molecule has 1 fully saturated rings. The van der Waals surface area contributed by atoms with E-state index < -0.39 is 11.7 Å². The Balaban J connectivity index is 1.68. The van der Waals surface area contributed by atoms with Crippen LogP contribution in [0.2, 0.25) is 0 Å². The first-order chi connectivity index (χ1) is 10.9. The van der Waals surface area contributed by atoms with Crippen LogP contribution in [0, 0.1) is 0 Å². The summed E-state index contributed by atoms with van der Waals surface area (Å²) in [5, 5.41) is 6.19. The van der Waals surface area contributed by atoms with Crippen LogP contribution in [0.3, 0.4) is 0 Å². The highest BCUT2D eigenvalue weighted by molar-refractivity contribution is 7.99. The van der Waals surface area contributed by atoms with E-state index >= 15 is 0 Å². The van der Waals surface area contributed by atoms with Crippen molar-refractivity contribution in [1.82, 2.24) is 5.32 Å². The predicted molar refractivity (Wildman–Crippen MR) is 95.5 cm³/mol. The van der Waals surface area contributed by atoms with Crippen molar-refractivity contribution in [3.63, 3.8) is 0 Å². The maximum absolute atomic E-state index is 11.7. The van der Waals surface area contributed by atoms with Crippen LogP contribution in [0.4, 0.5) is 10.5 Å². The van der Waals surface area contributed by atoms with Gasteiger partial charge in [-0.2, -0.15) is 11.8 Å². The second-order valence-corrected chi connectivity index (χ2v) is 7.66. The molecule has 0 aromatic heterocycles. The highest BCUT2D eigenvalue weighted by Crippen LogP contribution is 2.18. The largest absolute Gasteiger partial charge is 0.492 e. The van der Waals surface area contributed by atoms with Crippen LogP contribution in [-0.4, -0.2) is 42.4 Å². The third kappa shape index (κ3) is 7.14. The summed E-state index contributed by atoms with van der Waals surface area (Å²) >= 11 is 2.00. The van der Waals surface area contributed by atoms with Crippen molar-refractivity contribution in [3.8, 4) is 5.75 Å². The van der Waals surface area contributed by atoms with E-state index in [0.717, 1.165) is 12.3 Å². The molecule has 0 spiro atoms. The van der Waals surface area contributed by atoms with Crippen molar-refractivity contribution in [3.05, 3.63) is 24.3 Å². The molecular formula is C17H26N2O3S. The fraction of sp³-hybridized carbons (Fsp3) is 0.588. The average molecular weight is 338 g/mol. The highest BCUT2D eigenvalue weighted by atomic mass is 32.2. The Morgan fingerprint density at radius 2 is 2.04 bits per heavy atom. The van der Waals surface area contributed by atoms with Crippen LogP contribution in [-0.2, 0) is 4.74 Å². The van der Waals surface area contributed by atoms with Crippen LogP contribution in [0.5, 0.6) is 5.75 Å². The van der Waals surface area contributed by atoms with Crippen molar-refractivity contribution in [2.24, 2.45) is 0 Å². The van der Waals surface area contributed by atoms with E-state index in [-0.39, 0.29) is 0 Å². The molecule has 128 valence electrons. The number of benzene rings is 1. The SMILES string of the molecule is CC(C)(C)OC(=O)Nc1ccc(OCCNC2CCSC2)cc1. The predicted octanol–water partition coefficient (Wildman–Crippen LogP) is 3.51. The minimum Gasteiger partial charge on any atom is -0.492 e. The molecule has 1 heterocycles. The molecule has 1 aromatic carbocycles. The highest BCUT2D eigenvalue weighted by Gasteiger charge is 2.16. The summed E-state index contributed by atoms with van der Waals surface area (Å²) in [6.07, 6.45) is 0.792. The average Bonchev–Trinajstić information content (AvgIpc) is 2.96. The van der Waals surface area contributed by atoms with E-state index in [1.54, 1.807) is 12.1 Å². The van der Waals surface area contributed by atoms with E-state index in [9.17, 15) is 4.79 Å². The smallest absolute Gasteiger partial charge is 0.412 e. The maximum atomic E-state index is 11.7. The van der Waals surface area contributed by atoms with Crippen LogP contribution in [0.25, 0.3) is 0 Å². The molecule has 0 radical (unpaired) electrons. The lowest BCUT2D eigenvalue weighted by Crippen LogP contribution is -2.32. The number of amides is 1. The lowest BCUT2D eigenvalue weighted by Gasteiger charge is -2.19. The third-order valence-corrected chi connectivity index (χ3v) is 4.40. The topological polar surface area (TPSA) is 59.6 Å². The zero-order valence-electron chi connectivity index (χ0n) is 14.1. The van der Waals surface area contributed by atoms with Crippen molar-refractivity contribution in [1.29, 1.82) is 0 Å². The molecule has 1 saturated heterocycles. The van der Waals surface area contributed by atoms with E-state index in [0.29, 0.717) is 18.3 Å². The van der Waals surface area contributed by atoms with Crippen molar-refractivity contribution in [2.75, 3.05) is 30.0 Å². The van der Waals surface area contributed by atoms with Gasteiger partial charge in [-0.25, -0.2) is 4.79 Å². The van der Waals surface area contributed by atoms with Crippen LogP contribution >= 0.6 is 11.8 Å². The van der Waals surface area contributed by atoms with Gasteiger partial charge in [0.2, 0.25) is 0 Å². The standard InChI is InChI=1S/C17H26N2O3S/c1-17(2,3)22-16(20)19-13-4-6-15(7-5-13)21-10-9-18-14-8-11-23-12-14/h4-7,14,18H,8-12H2,1-3H3,(H,19,20). The fourth-order valence-electron chi connectivity index (χ4n) is 2.18. The number of carbonyl (C=O) groups excluding carboxylic acids is 1. The summed E-state index contributed by atoms with van der Waals surface area (Å²) < 4.78 is 10.9. The summed E-state index contributed by atoms with van der Waals surface area (Å²) in [6, 6.07) is 7.93. The van der Waals surface area contributed by atoms with Gasteiger partial charge in [0.25, 0.3) is 0 Å². The molecule has 1 aliphatic heterocycles. The minimum absolute atomic E-state index is 0.454. The summed E-state index contributed by atoms with van der Waals surface area (Å²) in [5.74, 6) is 3.25. The molecule has 0 bridgehead atoms. The molecule has 1 amide bonds. The number of ether oxygens (including phenoxy) is 2. The monoisotopic (exact) mass is 338 g/mol. The number of carbonyl (C=O) groups is 1. The molecule has 2 N–H and O–H groups in total. The molecule has 2 rings (SSSR count). The van der Waals surface area contributed by atoms with Crippen molar-refractivity contribution in [2.45, 2.75) is 38.8 Å². The molecule has 0 aliphatic carbocycles. The van der Waals surface area contributed by atoms with Crippen LogP contribution in [0.15, 0.2) is 24.3 Å². The first-order valence-electron chi connectivity index (χ1n) is 7.96. The summed E-state index contributed by atoms with van der Waals surface area (Å²) in [5.41, 5.74) is 0.186. The lowest BCUT2D eigenvalue weighted by atomic mass is 10.2. The van der Waals surface area contributed by atoms with Crippen molar-refractivity contribution >= 4 is 23.5 Å². The van der Waals surface area contributed by atoms with Crippen molar-refractivity contribution < 1.29 is 14.3 Å². The third-order valence-electron chi connectivity index (χ3n) is 3.23. The Hall–Kier alpha value is -1.40. The van der Waals surface area contributed by atoms with Crippen LogP contribution in [0.1, 0.15) is 27.2 Å². The second kappa shape index (κ2) is 8.45. The first-order valence-corrected chi connectivity index (χ1v) is 9.12. The van der Waals surface area contributed by atoms with Gasteiger partial charge in [0.05, 0.1) is 0 Å². The van der Waals surface area contributed by atoms with Gasteiger partial charge in [-0.05, 0) is 57.2 Å². The minimum atomic E-state index is -0.502. The number of nitrogens with one attached hydrogen (secondary N) is 2. The molecule has 1 aliphatic rings. The Labute approximate surface area is 142 Å². The summed E-state index contributed by atoms with van der Waals surface area (Å²) in [6.45, 7) is 6.99. The summed E-state index contributed by atoms with van der Waals surface area (Å²) in [7, 11) is 0. The van der Waals surface area contributed by atoms with E-state index in [1.165, 1.54) is 17.9 Å². The molecule has 23 heavy (non-hydrogen) atoms. The van der Waals surface area contributed by atoms with Gasteiger partial charge < -0.3 is 14.8 Å². The molecule has 1 atom stereocenters. The van der Waals surface area contributed by atoms with Gasteiger partial charge in [-0.15, -0.1) is 0 Å². The van der Waals surface area contributed by atoms with Gasteiger partial charge in [0, 0.05) is 24.0 Å².